The largest absolute Gasteiger partial charge is 0.494 e. The molecule has 0 saturated heterocycles. The third-order valence-electron chi connectivity index (χ3n) is 5.66. The number of rotatable bonds is 5. The number of hydrogen-bond donors (Lipinski definition) is 0. The standard InChI is InChI=1S/C25H20ClNO5/c1-3-30-16-8-6-15(7-9-16)22-21-23(28)18-12-19(26)14(2)11-20(18)32-24(21)25(29)27(22)13-17-5-4-10-31-17/h4-12,22H,3,13H2,1-2H3. The van der Waals surface area contributed by atoms with E-state index in [0.717, 1.165) is 11.1 Å². The first-order chi connectivity index (χ1) is 15.5. The predicted molar refractivity (Wildman–Crippen MR) is 120 cm³/mol. The van der Waals surface area contributed by atoms with E-state index in [1.54, 1.807) is 35.4 Å². The van der Waals surface area contributed by atoms with Crippen LogP contribution >= 0.6 is 11.6 Å². The van der Waals surface area contributed by atoms with Crippen molar-refractivity contribution in [3.63, 3.8) is 0 Å². The Morgan fingerprint density at radius 1 is 1.12 bits per heavy atom. The van der Waals surface area contributed by atoms with Crippen molar-refractivity contribution in [2.45, 2.75) is 26.4 Å². The Balaban J connectivity index is 1.71. The van der Waals surface area contributed by atoms with Crippen LogP contribution in [0.5, 0.6) is 5.75 Å². The lowest BCUT2D eigenvalue weighted by molar-refractivity contribution is 0.0701. The van der Waals surface area contributed by atoms with Gasteiger partial charge < -0.3 is 18.5 Å². The zero-order valence-electron chi connectivity index (χ0n) is 17.6. The third kappa shape index (κ3) is 3.28. The van der Waals surface area contributed by atoms with Crippen molar-refractivity contribution in [3.05, 3.63) is 98.3 Å². The van der Waals surface area contributed by atoms with Gasteiger partial charge in [0.2, 0.25) is 5.76 Å². The summed E-state index contributed by atoms with van der Waals surface area (Å²) in [7, 11) is 0. The van der Waals surface area contributed by atoms with Gasteiger partial charge in [-0.3, -0.25) is 9.59 Å². The summed E-state index contributed by atoms with van der Waals surface area (Å²) in [5.74, 6) is 1.01. The van der Waals surface area contributed by atoms with Gasteiger partial charge in [-0.2, -0.15) is 0 Å². The summed E-state index contributed by atoms with van der Waals surface area (Å²) in [5, 5.41) is 0.821. The van der Waals surface area contributed by atoms with Crippen LogP contribution in [-0.4, -0.2) is 17.4 Å². The highest BCUT2D eigenvalue weighted by Gasteiger charge is 2.43. The number of furan rings is 1. The Bertz CT molecular complexity index is 1370. The molecule has 0 bridgehead atoms. The van der Waals surface area contributed by atoms with E-state index in [2.05, 4.69) is 0 Å². The summed E-state index contributed by atoms with van der Waals surface area (Å²) in [6.07, 6.45) is 1.55. The molecular formula is C25H20ClNO5. The van der Waals surface area contributed by atoms with Gasteiger partial charge in [-0.25, -0.2) is 0 Å². The van der Waals surface area contributed by atoms with Crippen molar-refractivity contribution >= 4 is 28.5 Å². The Morgan fingerprint density at radius 3 is 2.59 bits per heavy atom. The molecule has 5 rings (SSSR count). The van der Waals surface area contributed by atoms with Crippen molar-refractivity contribution in [1.29, 1.82) is 0 Å². The van der Waals surface area contributed by atoms with Crippen LogP contribution in [0.3, 0.4) is 0 Å². The number of benzene rings is 2. The molecule has 1 aliphatic heterocycles. The van der Waals surface area contributed by atoms with Crippen LogP contribution in [0.1, 0.15) is 46.0 Å². The lowest BCUT2D eigenvalue weighted by atomic mass is 9.98. The highest BCUT2D eigenvalue weighted by molar-refractivity contribution is 6.32. The second kappa shape index (κ2) is 7.88. The van der Waals surface area contributed by atoms with E-state index in [-0.39, 0.29) is 23.6 Å². The smallest absolute Gasteiger partial charge is 0.291 e. The average Bonchev–Trinajstić information content (AvgIpc) is 3.39. The van der Waals surface area contributed by atoms with E-state index in [0.29, 0.717) is 39.7 Å². The topological polar surface area (TPSA) is 72.9 Å². The van der Waals surface area contributed by atoms with Crippen LogP contribution < -0.4 is 10.2 Å². The molecule has 162 valence electrons. The van der Waals surface area contributed by atoms with Gasteiger partial charge in [-0.1, -0.05) is 23.7 Å². The average molecular weight is 450 g/mol. The SMILES string of the molecule is CCOc1ccc(C2c3c(oc4cc(C)c(Cl)cc4c3=O)C(=O)N2Cc2ccco2)cc1. The highest BCUT2D eigenvalue weighted by Crippen LogP contribution is 2.40. The maximum Gasteiger partial charge on any atom is 0.291 e. The number of halogens is 1. The van der Waals surface area contributed by atoms with Gasteiger partial charge in [0.05, 0.1) is 36.4 Å². The molecule has 0 fully saturated rings. The second-order valence-electron chi connectivity index (χ2n) is 7.69. The maximum absolute atomic E-state index is 13.6. The molecule has 0 radical (unpaired) electrons. The molecule has 1 amide bonds. The minimum absolute atomic E-state index is 0.0506. The molecule has 0 saturated carbocycles. The fourth-order valence-electron chi connectivity index (χ4n) is 4.13. The van der Waals surface area contributed by atoms with Crippen LogP contribution in [0.15, 0.2) is 68.4 Å². The molecule has 7 heteroatoms. The van der Waals surface area contributed by atoms with Gasteiger partial charge >= 0.3 is 0 Å². The van der Waals surface area contributed by atoms with Gasteiger partial charge in [-0.15, -0.1) is 0 Å². The third-order valence-corrected chi connectivity index (χ3v) is 6.07. The lowest BCUT2D eigenvalue weighted by Gasteiger charge is -2.24. The first-order valence-corrected chi connectivity index (χ1v) is 10.7. The number of amides is 1. The molecule has 1 aliphatic rings. The zero-order chi connectivity index (χ0) is 22.4. The Labute approximate surface area is 189 Å². The van der Waals surface area contributed by atoms with Gasteiger partial charge in [0, 0.05) is 5.02 Å². The molecule has 2 aromatic carbocycles. The highest BCUT2D eigenvalue weighted by atomic mass is 35.5. The van der Waals surface area contributed by atoms with Crippen LogP contribution in [0.25, 0.3) is 11.0 Å². The summed E-state index contributed by atoms with van der Waals surface area (Å²) >= 11 is 6.28. The molecule has 0 N–H and O–H groups in total. The van der Waals surface area contributed by atoms with Gasteiger partial charge in [0.15, 0.2) is 5.43 Å². The molecule has 1 atom stereocenters. The number of aryl methyl sites for hydroxylation is 1. The summed E-state index contributed by atoms with van der Waals surface area (Å²) in [4.78, 5) is 28.6. The molecule has 3 heterocycles. The van der Waals surface area contributed by atoms with Crippen molar-refractivity contribution in [2.24, 2.45) is 0 Å². The molecular weight excluding hydrogens is 430 g/mol. The van der Waals surface area contributed by atoms with E-state index in [9.17, 15) is 9.59 Å². The number of hydrogen-bond acceptors (Lipinski definition) is 5. The molecule has 1 unspecified atom stereocenters. The van der Waals surface area contributed by atoms with Crippen LogP contribution in [0.2, 0.25) is 5.02 Å². The van der Waals surface area contributed by atoms with E-state index in [1.165, 1.54) is 0 Å². The van der Waals surface area contributed by atoms with Gasteiger partial charge in [0.25, 0.3) is 5.91 Å². The van der Waals surface area contributed by atoms with Gasteiger partial charge in [0.1, 0.15) is 17.1 Å². The molecule has 32 heavy (non-hydrogen) atoms. The van der Waals surface area contributed by atoms with Crippen LogP contribution in [0, 0.1) is 6.92 Å². The molecule has 0 spiro atoms. The van der Waals surface area contributed by atoms with Crippen molar-refractivity contribution in [1.82, 2.24) is 4.90 Å². The van der Waals surface area contributed by atoms with Crippen LogP contribution in [-0.2, 0) is 6.54 Å². The number of fused-ring (bicyclic) bond motifs is 2. The molecule has 4 aromatic rings. The van der Waals surface area contributed by atoms with Crippen molar-refractivity contribution in [2.75, 3.05) is 6.61 Å². The first kappa shape index (κ1) is 20.4. The second-order valence-corrected chi connectivity index (χ2v) is 8.10. The maximum atomic E-state index is 13.6. The monoisotopic (exact) mass is 449 g/mol. The van der Waals surface area contributed by atoms with E-state index in [1.807, 2.05) is 38.1 Å². The fraction of sp³-hybridized carbons (Fsp3) is 0.200. The van der Waals surface area contributed by atoms with Crippen molar-refractivity contribution < 1.29 is 18.4 Å². The Hall–Kier alpha value is -3.51. The van der Waals surface area contributed by atoms with E-state index < -0.39 is 6.04 Å². The summed E-state index contributed by atoms with van der Waals surface area (Å²) < 4.78 is 17.0. The summed E-state index contributed by atoms with van der Waals surface area (Å²) in [5.41, 5.74) is 1.92. The number of carbonyl (C=O) groups excluding carboxylic acids is 1. The minimum atomic E-state index is -0.626. The predicted octanol–water partition coefficient (Wildman–Crippen LogP) is 5.49. The van der Waals surface area contributed by atoms with Crippen molar-refractivity contribution in [3.8, 4) is 5.75 Å². The number of nitrogens with zero attached hydrogens (tertiary/aromatic N) is 1. The first-order valence-electron chi connectivity index (χ1n) is 10.3. The molecule has 2 aromatic heterocycles. The lowest BCUT2D eigenvalue weighted by Crippen LogP contribution is -2.29. The van der Waals surface area contributed by atoms with E-state index >= 15 is 0 Å². The molecule has 0 aliphatic carbocycles. The zero-order valence-corrected chi connectivity index (χ0v) is 18.3. The normalized spacial score (nSPS) is 15.4. The Morgan fingerprint density at radius 2 is 1.91 bits per heavy atom. The minimum Gasteiger partial charge on any atom is -0.494 e. The molecule has 6 nitrogen and oxygen atoms in total. The Kier molecular flexibility index (Phi) is 5.02. The fourth-order valence-corrected chi connectivity index (χ4v) is 4.30. The number of ether oxygens (including phenoxy) is 1. The summed E-state index contributed by atoms with van der Waals surface area (Å²) in [6.45, 7) is 4.48. The van der Waals surface area contributed by atoms with E-state index in [4.69, 9.17) is 25.2 Å². The van der Waals surface area contributed by atoms with Gasteiger partial charge in [-0.05, 0) is 61.4 Å². The summed E-state index contributed by atoms with van der Waals surface area (Å²) in [6, 6.07) is 13.6. The van der Waals surface area contributed by atoms with Crippen LogP contribution in [0.4, 0.5) is 0 Å². The quantitative estimate of drug-likeness (QED) is 0.402. The number of carbonyl (C=O) groups is 1.